The molecule has 1 aliphatic rings. The lowest BCUT2D eigenvalue weighted by Crippen LogP contribution is -2.45. The molecule has 1 aliphatic heterocycles. The molecule has 0 saturated carbocycles. The summed E-state index contributed by atoms with van der Waals surface area (Å²) in [5, 5.41) is 9.83. The van der Waals surface area contributed by atoms with Crippen LogP contribution in [0.3, 0.4) is 0 Å². The number of aliphatic hydroxyl groups excluding tert-OH is 1. The molecule has 17 heavy (non-hydrogen) atoms. The van der Waals surface area contributed by atoms with Crippen LogP contribution < -0.4 is 0 Å². The first-order valence-electron chi connectivity index (χ1n) is 6.62. The Morgan fingerprint density at radius 1 is 1.53 bits per heavy atom. The van der Waals surface area contributed by atoms with Crippen LogP contribution >= 0.6 is 0 Å². The number of piperidine rings is 1. The van der Waals surface area contributed by atoms with Gasteiger partial charge in [0, 0.05) is 25.6 Å². The fraction of sp³-hybridized carbons (Fsp3) is 0.923. The van der Waals surface area contributed by atoms with Crippen LogP contribution in [0.5, 0.6) is 0 Å². The number of nitrogens with zero attached hydrogens (tertiary/aromatic N) is 1. The van der Waals surface area contributed by atoms with Gasteiger partial charge in [-0.05, 0) is 33.2 Å². The molecular formula is C13H25NO3. The minimum absolute atomic E-state index is 0.237. The molecule has 1 saturated heterocycles. The minimum Gasteiger partial charge on any atom is -0.389 e. The Kier molecular flexibility index (Phi) is 6.70. The maximum Gasteiger partial charge on any atom is 0.131 e. The lowest BCUT2D eigenvalue weighted by molar-refractivity contribution is -0.118. The van der Waals surface area contributed by atoms with Crippen molar-refractivity contribution in [2.45, 2.75) is 51.7 Å². The smallest absolute Gasteiger partial charge is 0.131 e. The van der Waals surface area contributed by atoms with Crippen molar-refractivity contribution in [3.63, 3.8) is 0 Å². The summed E-state index contributed by atoms with van der Waals surface area (Å²) in [6.07, 6.45) is 3.59. The number of hydrogen-bond acceptors (Lipinski definition) is 4. The van der Waals surface area contributed by atoms with Crippen molar-refractivity contribution in [3.8, 4) is 0 Å². The van der Waals surface area contributed by atoms with Crippen molar-refractivity contribution >= 4 is 5.78 Å². The molecule has 4 nitrogen and oxygen atoms in total. The Morgan fingerprint density at radius 3 is 2.94 bits per heavy atom. The van der Waals surface area contributed by atoms with Gasteiger partial charge in [-0.1, -0.05) is 6.42 Å². The highest BCUT2D eigenvalue weighted by molar-refractivity contribution is 5.76. The monoisotopic (exact) mass is 243 g/mol. The third kappa shape index (κ3) is 5.61. The highest BCUT2D eigenvalue weighted by atomic mass is 16.5. The molecule has 100 valence electrons. The second-order valence-electron chi connectivity index (χ2n) is 4.86. The standard InChI is InChI=1S/C13H25NO3/c1-3-17-10-13(16)9-14-7-5-4-6-12(14)8-11(2)15/h12-13,16H,3-10H2,1-2H3. The zero-order chi connectivity index (χ0) is 12.7. The van der Waals surface area contributed by atoms with E-state index in [9.17, 15) is 9.90 Å². The zero-order valence-electron chi connectivity index (χ0n) is 11.0. The van der Waals surface area contributed by atoms with Crippen molar-refractivity contribution in [2.24, 2.45) is 0 Å². The number of carbonyl (C=O) groups excluding carboxylic acids is 1. The van der Waals surface area contributed by atoms with Gasteiger partial charge in [-0.25, -0.2) is 0 Å². The van der Waals surface area contributed by atoms with Gasteiger partial charge in [0.05, 0.1) is 12.7 Å². The van der Waals surface area contributed by atoms with E-state index < -0.39 is 6.10 Å². The molecule has 0 aromatic heterocycles. The summed E-state index contributed by atoms with van der Waals surface area (Å²) >= 11 is 0. The number of β-amino-alcohol motifs (C(OH)–C–C–N with tert-alkyl or cyclic N) is 1. The van der Waals surface area contributed by atoms with Crippen LogP contribution in [0.1, 0.15) is 39.5 Å². The molecule has 0 aliphatic carbocycles. The van der Waals surface area contributed by atoms with Crippen molar-refractivity contribution in [1.82, 2.24) is 4.90 Å². The third-order valence-corrected chi connectivity index (χ3v) is 3.23. The number of rotatable bonds is 7. The van der Waals surface area contributed by atoms with Gasteiger partial charge in [0.1, 0.15) is 5.78 Å². The van der Waals surface area contributed by atoms with Crippen molar-refractivity contribution in [1.29, 1.82) is 0 Å². The van der Waals surface area contributed by atoms with Crippen LogP contribution in [-0.2, 0) is 9.53 Å². The fourth-order valence-corrected chi connectivity index (χ4v) is 2.44. The number of ether oxygens (including phenoxy) is 1. The van der Waals surface area contributed by atoms with E-state index in [1.807, 2.05) is 6.92 Å². The summed E-state index contributed by atoms with van der Waals surface area (Å²) in [5.74, 6) is 0.237. The highest BCUT2D eigenvalue weighted by Gasteiger charge is 2.25. The maximum absolute atomic E-state index is 11.2. The van der Waals surface area contributed by atoms with Crippen LogP contribution in [-0.4, -0.2) is 54.2 Å². The molecule has 0 amide bonds. The van der Waals surface area contributed by atoms with Crippen molar-refractivity contribution < 1.29 is 14.6 Å². The van der Waals surface area contributed by atoms with Crippen LogP contribution in [0, 0.1) is 0 Å². The summed E-state index contributed by atoms with van der Waals surface area (Å²) in [6, 6.07) is 0.317. The molecule has 4 heteroatoms. The SMILES string of the molecule is CCOCC(O)CN1CCCCC1CC(C)=O. The Morgan fingerprint density at radius 2 is 2.29 bits per heavy atom. The lowest BCUT2D eigenvalue weighted by atomic mass is 9.97. The van der Waals surface area contributed by atoms with E-state index in [0.717, 1.165) is 19.4 Å². The van der Waals surface area contributed by atoms with Gasteiger partial charge in [0.15, 0.2) is 0 Å². The molecule has 1 rings (SSSR count). The number of hydrogen-bond donors (Lipinski definition) is 1. The Bertz CT molecular complexity index is 233. The van der Waals surface area contributed by atoms with Gasteiger partial charge < -0.3 is 9.84 Å². The average Bonchev–Trinajstić information content (AvgIpc) is 2.28. The number of ketones is 1. The molecule has 1 N–H and O–H groups in total. The molecule has 0 aromatic rings. The molecule has 0 bridgehead atoms. The van der Waals surface area contributed by atoms with Crippen LogP contribution in [0.15, 0.2) is 0 Å². The summed E-state index contributed by atoms with van der Waals surface area (Å²) < 4.78 is 5.21. The van der Waals surface area contributed by atoms with Gasteiger partial charge in [0.25, 0.3) is 0 Å². The van der Waals surface area contributed by atoms with Gasteiger partial charge in [0.2, 0.25) is 0 Å². The molecule has 1 heterocycles. The number of likely N-dealkylation sites (tertiary alicyclic amines) is 1. The Hall–Kier alpha value is -0.450. The molecule has 1 fully saturated rings. The van der Waals surface area contributed by atoms with E-state index in [4.69, 9.17) is 4.74 Å². The summed E-state index contributed by atoms with van der Waals surface area (Å²) in [6.45, 7) is 6.20. The lowest BCUT2D eigenvalue weighted by Gasteiger charge is -2.36. The van der Waals surface area contributed by atoms with Crippen molar-refractivity contribution in [3.05, 3.63) is 0 Å². The molecule has 0 spiro atoms. The van der Waals surface area contributed by atoms with Crippen LogP contribution in [0.25, 0.3) is 0 Å². The summed E-state index contributed by atoms with van der Waals surface area (Å²) in [4.78, 5) is 13.4. The molecule has 0 radical (unpaired) electrons. The first kappa shape index (κ1) is 14.6. The molecule has 2 atom stereocenters. The first-order chi connectivity index (χ1) is 8.13. The Balaban J connectivity index is 2.38. The number of aliphatic hydroxyl groups is 1. The van der Waals surface area contributed by atoms with E-state index in [0.29, 0.717) is 32.2 Å². The van der Waals surface area contributed by atoms with E-state index in [1.54, 1.807) is 6.92 Å². The van der Waals surface area contributed by atoms with E-state index in [1.165, 1.54) is 6.42 Å². The summed E-state index contributed by atoms with van der Waals surface area (Å²) in [5.41, 5.74) is 0. The second kappa shape index (κ2) is 7.80. The Labute approximate surface area is 104 Å². The topological polar surface area (TPSA) is 49.8 Å². The predicted molar refractivity (Wildman–Crippen MR) is 67.0 cm³/mol. The van der Waals surface area contributed by atoms with Gasteiger partial charge in [-0.15, -0.1) is 0 Å². The normalized spacial score (nSPS) is 23.6. The quantitative estimate of drug-likeness (QED) is 0.730. The predicted octanol–water partition coefficient (Wildman–Crippen LogP) is 1.22. The zero-order valence-corrected chi connectivity index (χ0v) is 11.0. The minimum atomic E-state index is -0.442. The molecular weight excluding hydrogens is 218 g/mol. The summed E-state index contributed by atoms with van der Waals surface area (Å²) in [7, 11) is 0. The second-order valence-corrected chi connectivity index (χ2v) is 4.86. The largest absolute Gasteiger partial charge is 0.389 e. The van der Waals surface area contributed by atoms with E-state index in [-0.39, 0.29) is 5.78 Å². The fourth-order valence-electron chi connectivity index (χ4n) is 2.44. The molecule has 0 aromatic carbocycles. The van der Waals surface area contributed by atoms with Gasteiger partial charge in [-0.3, -0.25) is 9.69 Å². The number of carbonyl (C=O) groups is 1. The maximum atomic E-state index is 11.2. The average molecular weight is 243 g/mol. The van der Waals surface area contributed by atoms with Crippen LogP contribution in [0.2, 0.25) is 0 Å². The highest BCUT2D eigenvalue weighted by Crippen LogP contribution is 2.20. The van der Waals surface area contributed by atoms with E-state index >= 15 is 0 Å². The van der Waals surface area contributed by atoms with Crippen molar-refractivity contribution in [2.75, 3.05) is 26.3 Å². The van der Waals surface area contributed by atoms with Gasteiger partial charge in [-0.2, -0.15) is 0 Å². The van der Waals surface area contributed by atoms with E-state index in [2.05, 4.69) is 4.90 Å². The number of Topliss-reactive ketones (excluding diaryl/α,β-unsaturated/α-hetero) is 1. The van der Waals surface area contributed by atoms with Gasteiger partial charge >= 0.3 is 0 Å². The third-order valence-electron chi connectivity index (χ3n) is 3.23. The molecule has 2 unspecified atom stereocenters. The first-order valence-corrected chi connectivity index (χ1v) is 6.62. The van der Waals surface area contributed by atoms with Crippen LogP contribution in [0.4, 0.5) is 0 Å².